The number of hydrogen-bond acceptors (Lipinski definition) is 6. The van der Waals surface area contributed by atoms with Gasteiger partial charge in [0.2, 0.25) is 0 Å². The number of aliphatic imine (C=N–C) groups is 2. The number of carbonyl (C=O) groups is 2. The molecule has 2 atom stereocenters. The van der Waals surface area contributed by atoms with Crippen molar-refractivity contribution in [2.24, 2.45) is 33.3 Å². The van der Waals surface area contributed by atoms with Crippen LogP contribution in [0.15, 0.2) is 70.6 Å². The molecule has 0 saturated heterocycles. The van der Waals surface area contributed by atoms with Gasteiger partial charge in [-0.3, -0.25) is 20.4 Å². The Morgan fingerprint density at radius 2 is 1.31 bits per heavy atom. The van der Waals surface area contributed by atoms with E-state index in [-0.39, 0.29) is 46.8 Å². The molecular weight excluding hydrogens is 492 g/mol. The number of carbonyl (C=O) groups excluding carboxylic acids is 2. The Kier molecular flexibility index (Phi) is 10.4. The fourth-order valence-corrected chi connectivity index (χ4v) is 5.51. The van der Waals surface area contributed by atoms with Crippen LogP contribution in [0.5, 0.6) is 0 Å². The van der Waals surface area contributed by atoms with Crippen molar-refractivity contribution >= 4 is 55.8 Å². The SMILES string of the molecule is N=C(CC1CCC(C(=N)SC(N)=NC(=O)Cc2ccccc2)C1)SC(N)=NC(=O)Cc1ccccc1. The van der Waals surface area contributed by atoms with Gasteiger partial charge >= 0.3 is 0 Å². The first-order valence-electron chi connectivity index (χ1n) is 11.6. The van der Waals surface area contributed by atoms with Crippen LogP contribution in [0.4, 0.5) is 0 Å². The smallest absolute Gasteiger partial charge is 0.252 e. The fraction of sp³-hybridized carbons (Fsp3) is 0.308. The van der Waals surface area contributed by atoms with Crippen molar-refractivity contribution < 1.29 is 9.59 Å². The molecule has 1 fully saturated rings. The first kappa shape index (κ1) is 27.3. The van der Waals surface area contributed by atoms with Crippen LogP contribution in [-0.4, -0.2) is 32.2 Å². The van der Waals surface area contributed by atoms with Crippen LogP contribution in [0.1, 0.15) is 36.8 Å². The van der Waals surface area contributed by atoms with Crippen LogP contribution in [0.3, 0.4) is 0 Å². The molecule has 8 nitrogen and oxygen atoms in total. The van der Waals surface area contributed by atoms with Crippen LogP contribution in [0, 0.1) is 22.7 Å². The van der Waals surface area contributed by atoms with Gasteiger partial charge in [0.15, 0.2) is 10.3 Å². The van der Waals surface area contributed by atoms with Crippen molar-refractivity contribution in [2.75, 3.05) is 0 Å². The molecule has 2 amide bonds. The number of nitrogens with zero attached hydrogens (tertiary/aromatic N) is 2. The summed E-state index contributed by atoms with van der Waals surface area (Å²) >= 11 is 2.04. The highest BCUT2D eigenvalue weighted by Crippen LogP contribution is 2.37. The van der Waals surface area contributed by atoms with Gasteiger partial charge in [0, 0.05) is 5.92 Å². The van der Waals surface area contributed by atoms with Crippen LogP contribution >= 0.6 is 23.5 Å². The normalized spacial score (nSPS) is 18.1. The summed E-state index contributed by atoms with van der Waals surface area (Å²) in [6.45, 7) is 0. The molecule has 1 aliphatic rings. The van der Waals surface area contributed by atoms with Gasteiger partial charge in [-0.25, -0.2) is 0 Å². The number of amidine groups is 2. The summed E-state index contributed by atoms with van der Waals surface area (Å²) in [6, 6.07) is 18.6. The maximum atomic E-state index is 12.1. The molecule has 1 saturated carbocycles. The number of thioether (sulfide) groups is 2. The van der Waals surface area contributed by atoms with Crippen molar-refractivity contribution in [1.82, 2.24) is 0 Å². The molecule has 0 aliphatic heterocycles. The minimum atomic E-state index is -0.341. The minimum absolute atomic E-state index is 0.0224. The first-order chi connectivity index (χ1) is 17.3. The van der Waals surface area contributed by atoms with E-state index in [1.165, 1.54) is 0 Å². The van der Waals surface area contributed by atoms with Gasteiger partial charge in [0.25, 0.3) is 11.8 Å². The predicted molar refractivity (Wildman–Crippen MR) is 150 cm³/mol. The molecule has 0 bridgehead atoms. The fourth-order valence-electron chi connectivity index (χ4n) is 4.04. The highest BCUT2D eigenvalue weighted by Gasteiger charge is 2.29. The van der Waals surface area contributed by atoms with E-state index in [9.17, 15) is 9.59 Å². The lowest BCUT2D eigenvalue weighted by Gasteiger charge is -2.12. The number of rotatable bonds is 7. The Bertz CT molecular complexity index is 1150. The third-order valence-corrected chi connectivity index (χ3v) is 7.26. The quantitative estimate of drug-likeness (QED) is 0.312. The Labute approximate surface area is 219 Å². The molecule has 36 heavy (non-hydrogen) atoms. The molecule has 10 heteroatoms. The van der Waals surface area contributed by atoms with E-state index in [4.69, 9.17) is 22.3 Å². The zero-order valence-corrected chi connectivity index (χ0v) is 21.5. The largest absolute Gasteiger partial charge is 0.378 e. The third-order valence-electron chi connectivity index (χ3n) is 5.69. The Hall–Kier alpha value is -3.24. The maximum absolute atomic E-state index is 12.1. The first-order valence-corrected chi connectivity index (χ1v) is 13.2. The summed E-state index contributed by atoms with van der Waals surface area (Å²) < 4.78 is 0. The van der Waals surface area contributed by atoms with E-state index in [1.807, 2.05) is 60.7 Å². The van der Waals surface area contributed by atoms with Crippen LogP contribution in [0.2, 0.25) is 0 Å². The molecular formula is C26H30N6O2S2. The molecule has 0 radical (unpaired) electrons. The number of hydrogen-bond donors (Lipinski definition) is 4. The highest BCUT2D eigenvalue weighted by atomic mass is 32.2. The van der Waals surface area contributed by atoms with Crippen LogP contribution < -0.4 is 11.5 Å². The lowest BCUT2D eigenvalue weighted by atomic mass is 10.0. The number of nitrogens with two attached hydrogens (primary N) is 2. The summed E-state index contributed by atoms with van der Waals surface area (Å²) in [5, 5.41) is 17.5. The molecule has 2 unspecified atom stereocenters. The van der Waals surface area contributed by atoms with Crippen molar-refractivity contribution in [3.05, 3.63) is 71.8 Å². The minimum Gasteiger partial charge on any atom is -0.378 e. The molecule has 1 aliphatic carbocycles. The third kappa shape index (κ3) is 9.43. The van der Waals surface area contributed by atoms with Crippen molar-refractivity contribution in [2.45, 2.75) is 38.5 Å². The summed E-state index contributed by atoms with van der Waals surface area (Å²) in [5.74, 6) is -0.418. The van der Waals surface area contributed by atoms with Crippen molar-refractivity contribution in [1.29, 1.82) is 10.8 Å². The lowest BCUT2D eigenvalue weighted by molar-refractivity contribution is -0.118. The second-order valence-electron chi connectivity index (χ2n) is 8.58. The van der Waals surface area contributed by atoms with Gasteiger partial charge in [-0.1, -0.05) is 60.7 Å². The summed E-state index contributed by atoms with van der Waals surface area (Å²) in [7, 11) is 0. The van der Waals surface area contributed by atoms with Crippen molar-refractivity contribution in [3.8, 4) is 0 Å². The molecule has 188 valence electrons. The molecule has 6 N–H and O–H groups in total. The summed E-state index contributed by atoms with van der Waals surface area (Å²) in [6.07, 6.45) is 3.31. The van der Waals surface area contributed by atoms with E-state index in [0.29, 0.717) is 16.5 Å². The zero-order valence-electron chi connectivity index (χ0n) is 19.9. The Morgan fingerprint density at radius 1 is 0.806 bits per heavy atom. The number of amides is 2. The van der Waals surface area contributed by atoms with Gasteiger partial charge in [-0.05, 0) is 66.3 Å². The Morgan fingerprint density at radius 3 is 1.83 bits per heavy atom. The maximum Gasteiger partial charge on any atom is 0.252 e. The molecule has 3 rings (SSSR count). The monoisotopic (exact) mass is 522 g/mol. The number of nitrogens with one attached hydrogen (secondary N) is 2. The molecule has 0 spiro atoms. The topological polar surface area (TPSA) is 159 Å². The van der Waals surface area contributed by atoms with Crippen molar-refractivity contribution in [3.63, 3.8) is 0 Å². The zero-order chi connectivity index (χ0) is 25.9. The second kappa shape index (κ2) is 13.7. The summed E-state index contributed by atoms with van der Waals surface area (Å²) in [4.78, 5) is 32.0. The summed E-state index contributed by atoms with van der Waals surface area (Å²) in [5.41, 5.74) is 13.5. The number of benzene rings is 2. The van der Waals surface area contributed by atoms with Gasteiger partial charge in [-0.2, -0.15) is 9.98 Å². The van der Waals surface area contributed by atoms with E-state index in [2.05, 4.69) is 9.98 Å². The molecule has 2 aromatic rings. The Balaban J connectivity index is 1.40. The van der Waals surface area contributed by atoms with Gasteiger partial charge in [-0.15, -0.1) is 0 Å². The highest BCUT2D eigenvalue weighted by molar-refractivity contribution is 8.26. The van der Waals surface area contributed by atoms with E-state index in [0.717, 1.165) is 53.9 Å². The van der Waals surface area contributed by atoms with Gasteiger partial charge in [0.1, 0.15) is 0 Å². The van der Waals surface area contributed by atoms with E-state index < -0.39 is 0 Å². The molecule has 2 aromatic carbocycles. The van der Waals surface area contributed by atoms with Gasteiger partial charge in [0.05, 0.1) is 22.9 Å². The van der Waals surface area contributed by atoms with E-state index in [1.54, 1.807) is 0 Å². The van der Waals surface area contributed by atoms with E-state index >= 15 is 0 Å². The standard InChI is InChI=1S/C26H30N6O2S2/c27-21(35-25(29)31-22(33)15-17-7-3-1-4-8-17)14-19-11-12-20(13-19)24(28)36-26(30)32-23(34)16-18-9-5-2-6-10-18/h1-10,19-20,27-28H,11-16H2,(H2,29,31,33)(H2,30,32,34). The van der Waals surface area contributed by atoms with Crippen LogP contribution in [0.25, 0.3) is 0 Å². The second-order valence-corrected chi connectivity index (χ2v) is 10.8. The predicted octanol–water partition coefficient (Wildman–Crippen LogP) is 4.38. The molecule has 0 heterocycles. The van der Waals surface area contributed by atoms with Crippen LogP contribution in [-0.2, 0) is 22.4 Å². The average molecular weight is 523 g/mol. The molecule has 0 aromatic heterocycles. The van der Waals surface area contributed by atoms with Gasteiger partial charge < -0.3 is 11.5 Å². The average Bonchev–Trinajstić information content (AvgIpc) is 3.28. The lowest BCUT2D eigenvalue weighted by Crippen LogP contribution is -2.17.